The summed E-state index contributed by atoms with van der Waals surface area (Å²) in [5, 5.41) is 0. The fourth-order valence-electron chi connectivity index (χ4n) is 2.23. The van der Waals surface area contributed by atoms with E-state index in [0.717, 1.165) is 11.3 Å². The Hall–Kier alpha value is -1.47. The van der Waals surface area contributed by atoms with Crippen LogP contribution in [0.25, 0.3) is 0 Å². The standard InChI is InChI=1S/C16H18ClN/c1-12-8-13(2)10-15(9-12)18(3)16-7-5-4-6-14(16)11-17/h4-10H,11H2,1-3H3. The Morgan fingerprint density at radius 3 is 2.22 bits per heavy atom. The molecule has 0 aromatic heterocycles. The molecule has 0 radical (unpaired) electrons. The summed E-state index contributed by atoms with van der Waals surface area (Å²) in [6, 6.07) is 14.8. The van der Waals surface area contributed by atoms with E-state index in [2.05, 4.69) is 56.1 Å². The lowest BCUT2D eigenvalue weighted by atomic mass is 10.1. The van der Waals surface area contributed by atoms with Gasteiger partial charge in [-0.3, -0.25) is 0 Å². The van der Waals surface area contributed by atoms with Crippen LogP contribution in [0.5, 0.6) is 0 Å². The number of alkyl halides is 1. The van der Waals surface area contributed by atoms with E-state index in [4.69, 9.17) is 11.6 Å². The van der Waals surface area contributed by atoms with Crippen LogP contribution in [0.2, 0.25) is 0 Å². The van der Waals surface area contributed by atoms with E-state index in [1.165, 1.54) is 16.8 Å². The Morgan fingerprint density at radius 2 is 1.61 bits per heavy atom. The number of rotatable bonds is 3. The van der Waals surface area contributed by atoms with Crippen molar-refractivity contribution in [3.8, 4) is 0 Å². The van der Waals surface area contributed by atoms with Crippen molar-refractivity contribution in [2.24, 2.45) is 0 Å². The molecule has 0 spiro atoms. The molecule has 0 heterocycles. The number of para-hydroxylation sites is 1. The highest BCUT2D eigenvalue weighted by atomic mass is 35.5. The normalized spacial score (nSPS) is 10.4. The average molecular weight is 260 g/mol. The van der Waals surface area contributed by atoms with Crippen molar-refractivity contribution >= 4 is 23.0 Å². The molecule has 2 aromatic rings. The van der Waals surface area contributed by atoms with Gasteiger partial charge >= 0.3 is 0 Å². The van der Waals surface area contributed by atoms with Gasteiger partial charge in [-0.05, 0) is 48.7 Å². The smallest absolute Gasteiger partial charge is 0.0494 e. The van der Waals surface area contributed by atoms with Crippen LogP contribution < -0.4 is 4.90 Å². The minimum Gasteiger partial charge on any atom is -0.344 e. The molecule has 0 saturated carbocycles. The predicted molar refractivity (Wildman–Crippen MR) is 80.0 cm³/mol. The highest BCUT2D eigenvalue weighted by molar-refractivity contribution is 6.17. The maximum absolute atomic E-state index is 6.00. The number of anilines is 2. The number of hydrogen-bond donors (Lipinski definition) is 0. The molecule has 18 heavy (non-hydrogen) atoms. The Morgan fingerprint density at radius 1 is 1.00 bits per heavy atom. The lowest BCUT2D eigenvalue weighted by Gasteiger charge is -2.23. The third kappa shape index (κ3) is 2.68. The topological polar surface area (TPSA) is 3.24 Å². The van der Waals surface area contributed by atoms with Crippen molar-refractivity contribution in [1.29, 1.82) is 0 Å². The van der Waals surface area contributed by atoms with E-state index in [-0.39, 0.29) is 0 Å². The van der Waals surface area contributed by atoms with E-state index in [0.29, 0.717) is 5.88 Å². The minimum absolute atomic E-state index is 0.533. The molecule has 0 bridgehead atoms. The fourth-order valence-corrected chi connectivity index (χ4v) is 2.46. The summed E-state index contributed by atoms with van der Waals surface area (Å²) in [6.45, 7) is 4.25. The summed E-state index contributed by atoms with van der Waals surface area (Å²) in [4.78, 5) is 2.19. The molecule has 0 aliphatic rings. The molecule has 0 fully saturated rings. The molecular weight excluding hydrogens is 242 g/mol. The number of benzene rings is 2. The van der Waals surface area contributed by atoms with E-state index < -0.39 is 0 Å². The van der Waals surface area contributed by atoms with Gasteiger partial charge in [0.15, 0.2) is 0 Å². The molecule has 0 unspecified atom stereocenters. The van der Waals surface area contributed by atoms with Crippen molar-refractivity contribution in [1.82, 2.24) is 0 Å². The van der Waals surface area contributed by atoms with E-state index in [1.807, 2.05) is 12.1 Å². The zero-order chi connectivity index (χ0) is 13.1. The Balaban J connectivity index is 2.44. The predicted octanol–water partition coefficient (Wildman–Crippen LogP) is 4.81. The highest BCUT2D eigenvalue weighted by Gasteiger charge is 2.08. The third-order valence-electron chi connectivity index (χ3n) is 3.09. The van der Waals surface area contributed by atoms with Crippen LogP contribution in [-0.4, -0.2) is 7.05 Å². The maximum Gasteiger partial charge on any atom is 0.0494 e. The van der Waals surface area contributed by atoms with Crippen LogP contribution in [-0.2, 0) is 5.88 Å². The quantitative estimate of drug-likeness (QED) is 0.715. The van der Waals surface area contributed by atoms with Crippen molar-refractivity contribution in [2.45, 2.75) is 19.7 Å². The fraction of sp³-hybridized carbons (Fsp3) is 0.250. The summed E-state index contributed by atoms with van der Waals surface area (Å²) in [7, 11) is 2.08. The molecule has 0 amide bonds. The average Bonchev–Trinajstić information content (AvgIpc) is 2.36. The zero-order valence-corrected chi connectivity index (χ0v) is 11.8. The van der Waals surface area contributed by atoms with E-state index in [1.54, 1.807) is 0 Å². The van der Waals surface area contributed by atoms with E-state index >= 15 is 0 Å². The lowest BCUT2D eigenvalue weighted by molar-refractivity contribution is 1.16. The second kappa shape index (κ2) is 5.45. The molecule has 94 valence electrons. The Kier molecular flexibility index (Phi) is 3.93. The molecule has 0 saturated heterocycles. The van der Waals surface area contributed by atoms with Gasteiger partial charge in [-0.15, -0.1) is 11.6 Å². The van der Waals surface area contributed by atoms with Gasteiger partial charge in [0.25, 0.3) is 0 Å². The Labute approximate surface area is 114 Å². The van der Waals surface area contributed by atoms with Gasteiger partial charge in [-0.25, -0.2) is 0 Å². The van der Waals surface area contributed by atoms with Crippen molar-refractivity contribution in [3.05, 3.63) is 59.2 Å². The van der Waals surface area contributed by atoms with Gasteiger partial charge in [-0.1, -0.05) is 24.3 Å². The number of halogens is 1. The van der Waals surface area contributed by atoms with Gasteiger partial charge < -0.3 is 4.90 Å². The Bertz CT molecular complexity index is 528. The summed E-state index contributed by atoms with van der Waals surface area (Å²) >= 11 is 6.00. The first kappa shape index (κ1) is 13.0. The molecule has 2 aromatic carbocycles. The highest BCUT2D eigenvalue weighted by Crippen LogP contribution is 2.29. The second-order valence-electron chi connectivity index (χ2n) is 4.67. The zero-order valence-electron chi connectivity index (χ0n) is 11.1. The molecule has 1 nitrogen and oxygen atoms in total. The van der Waals surface area contributed by atoms with Crippen LogP contribution in [0.4, 0.5) is 11.4 Å². The molecule has 0 N–H and O–H groups in total. The van der Waals surface area contributed by atoms with Crippen LogP contribution in [0.1, 0.15) is 16.7 Å². The van der Waals surface area contributed by atoms with Crippen molar-refractivity contribution in [3.63, 3.8) is 0 Å². The van der Waals surface area contributed by atoms with Gasteiger partial charge in [0.1, 0.15) is 0 Å². The van der Waals surface area contributed by atoms with E-state index in [9.17, 15) is 0 Å². The van der Waals surface area contributed by atoms with Crippen LogP contribution in [0, 0.1) is 13.8 Å². The molecule has 0 atom stereocenters. The van der Waals surface area contributed by atoms with Gasteiger partial charge in [0.2, 0.25) is 0 Å². The number of hydrogen-bond acceptors (Lipinski definition) is 1. The number of nitrogens with zero attached hydrogens (tertiary/aromatic N) is 1. The molecule has 2 rings (SSSR count). The monoisotopic (exact) mass is 259 g/mol. The van der Waals surface area contributed by atoms with Crippen molar-refractivity contribution < 1.29 is 0 Å². The molecular formula is C16H18ClN. The molecule has 2 heteroatoms. The SMILES string of the molecule is Cc1cc(C)cc(N(C)c2ccccc2CCl)c1. The van der Waals surface area contributed by atoms with Gasteiger partial charge in [0, 0.05) is 24.3 Å². The summed E-state index contributed by atoms with van der Waals surface area (Å²) in [5.74, 6) is 0.533. The first-order chi connectivity index (χ1) is 8.61. The third-order valence-corrected chi connectivity index (χ3v) is 3.38. The molecule has 0 aliphatic carbocycles. The second-order valence-corrected chi connectivity index (χ2v) is 4.93. The van der Waals surface area contributed by atoms with Crippen LogP contribution >= 0.6 is 11.6 Å². The summed E-state index contributed by atoms with van der Waals surface area (Å²) < 4.78 is 0. The summed E-state index contributed by atoms with van der Waals surface area (Å²) in [5.41, 5.74) is 6.07. The first-order valence-electron chi connectivity index (χ1n) is 6.07. The van der Waals surface area contributed by atoms with Gasteiger partial charge in [0.05, 0.1) is 0 Å². The maximum atomic E-state index is 6.00. The minimum atomic E-state index is 0.533. The largest absolute Gasteiger partial charge is 0.344 e. The van der Waals surface area contributed by atoms with Crippen molar-refractivity contribution in [2.75, 3.05) is 11.9 Å². The summed E-state index contributed by atoms with van der Waals surface area (Å²) in [6.07, 6.45) is 0. The van der Waals surface area contributed by atoms with Crippen LogP contribution in [0.15, 0.2) is 42.5 Å². The number of aryl methyl sites for hydroxylation is 2. The van der Waals surface area contributed by atoms with Crippen LogP contribution in [0.3, 0.4) is 0 Å². The van der Waals surface area contributed by atoms with Gasteiger partial charge in [-0.2, -0.15) is 0 Å². The first-order valence-corrected chi connectivity index (χ1v) is 6.61. The lowest BCUT2D eigenvalue weighted by Crippen LogP contribution is -2.11. The molecule has 0 aliphatic heterocycles.